The molecule has 9 nitrogen and oxygen atoms in total. The number of anilines is 3. The zero-order valence-electron chi connectivity index (χ0n) is 22.1. The highest BCUT2D eigenvalue weighted by molar-refractivity contribution is 5.94. The second kappa shape index (κ2) is 10.3. The van der Waals surface area contributed by atoms with E-state index in [4.69, 9.17) is 9.97 Å². The number of pyridine rings is 3. The van der Waals surface area contributed by atoms with Gasteiger partial charge in [-0.05, 0) is 56.3 Å². The van der Waals surface area contributed by atoms with Gasteiger partial charge in [0.15, 0.2) is 23.3 Å². The number of halogens is 3. The molecule has 0 spiro atoms. The highest BCUT2D eigenvalue weighted by atomic mass is 19.2. The summed E-state index contributed by atoms with van der Waals surface area (Å²) in [6, 6.07) is 3.51. The Morgan fingerprint density at radius 2 is 1.90 bits per heavy atom. The average molecular weight is 551 g/mol. The van der Waals surface area contributed by atoms with E-state index in [1.165, 1.54) is 6.20 Å². The van der Waals surface area contributed by atoms with E-state index < -0.39 is 29.0 Å². The van der Waals surface area contributed by atoms with Crippen molar-refractivity contribution < 1.29 is 18.3 Å². The van der Waals surface area contributed by atoms with Crippen molar-refractivity contribution in [3.05, 3.63) is 59.9 Å². The van der Waals surface area contributed by atoms with E-state index in [1.807, 2.05) is 25.1 Å². The first-order valence-corrected chi connectivity index (χ1v) is 13.3. The zero-order valence-corrected chi connectivity index (χ0v) is 22.1. The molecule has 0 radical (unpaired) electrons. The lowest BCUT2D eigenvalue weighted by Crippen LogP contribution is -2.59. The Labute approximate surface area is 228 Å². The van der Waals surface area contributed by atoms with E-state index in [-0.39, 0.29) is 11.9 Å². The predicted octanol–water partition coefficient (Wildman–Crippen LogP) is 4.46. The summed E-state index contributed by atoms with van der Waals surface area (Å²) in [4.78, 5) is 23.8. The van der Waals surface area contributed by atoms with Gasteiger partial charge in [0.25, 0.3) is 5.95 Å². The second-order valence-electron chi connectivity index (χ2n) is 10.7. The standard InChI is InChI=1S/C28H29F3N8O/c1-28(40)14-32-8-7-21(28)39(2)27-23-17(15-4-3-5-15)12-33-13-20(23)35-25(38-27)16-6-9-34-22(10-16)36-26-19(30)11-18(29)24(31)37-26/h6,9-13,15,21,32,40H,3-5,7-8,14H2,1-2H3,(H,34,36,37)/t21-,28-/m1/s1. The first-order valence-electron chi connectivity index (χ1n) is 13.3. The lowest BCUT2D eigenvalue weighted by molar-refractivity contribution is 0.0143. The minimum absolute atomic E-state index is 0.149. The number of likely N-dealkylation sites (N-methyl/N-ethyl adjacent to an activating group) is 1. The van der Waals surface area contributed by atoms with Crippen molar-refractivity contribution in [2.24, 2.45) is 0 Å². The van der Waals surface area contributed by atoms with E-state index in [1.54, 1.807) is 18.3 Å². The molecule has 208 valence electrons. The molecule has 0 bridgehead atoms. The Hall–Kier alpha value is -3.90. The van der Waals surface area contributed by atoms with Crippen LogP contribution in [-0.2, 0) is 0 Å². The van der Waals surface area contributed by atoms with Gasteiger partial charge in [-0.15, -0.1) is 0 Å². The molecule has 2 aliphatic rings. The van der Waals surface area contributed by atoms with Crippen molar-refractivity contribution in [1.82, 2.24) is 30.2 Å². The highest BCUT2D eigenvalue weighted by Crippen LogP contribution is 2.42. The van der Waals surface area contributed by atoms with Crippen LogP contribution in [0.2, 0.25) is 0 Å². The molecule has 0 unspecified atom stereocenters. The molecule has 1 aliphatic heterocycles. The van der Waals surface area contributed by atoms with Gasteiger partial charge < -0.3 is 20.6 Å². The summed E-state index contributed by atoms with van der Waals surface area (Å²) in [5, 5.41) is 18.0. The number of aromatic nitrogens is 5. The molecule has 2 fully saturated rings. The minimum atomic E-state index is -1.42. The summed E-state index contributed by atoms with van der Waals surface area (Å²) < 4.78 is 41.2. The number of rotatable bonds is 6. The fourth-order valence-electron chi connectivity index (χ4n) is 5.56. The van der Waals surface area contributed by atoms with Crippen LogP contribution >= 0.6 is 0 Å². The van der Waals surface area contributed by atoms with Crippen LogP contribution in [0.15, 0.2) is 36.8 Å². The van der Waals surface area contributed by atoms with Crippen LogP contribution in [0.1, 0.15) is 44.1 Å². The highest BCUT2D eigenvalue weighted by Gasteiger charge is 2.39. The molecule has 4 aromatic rings. The van der Waals surface area contributed by atoms with Crippen LogP contribution in [-0.4, -0.2) is 61.8 Å². The van der Waals surface area contributed by atoms with E-state index in [2.05, 4.69) is 25.6 Å². The Balaban J connectivity index is 1.45. The van der Waals surface area contributed by atoms with Gasteiger partial charge in [0.05, 0.1) is 23.4 Å². The van der Waals surface area contributed by atoms with Crippen molar-refractivity contribution in [2.45, 2.75) is 50.2 Å². The summed E-state index contributed by atoms with van der Waals surface area (Å²) in [5.74, 6) is -2.76. The lowest BCUT2D eigenvalue weighted by atomic mass is 9.79. The molecule has 40 heavy (non-hydrogen) atoms. The number of β-amino-alcohol motifs (C(OH)–C–C–N with tert-alkyl or cyclic N) is 1. The van der Waals surface area contributed by atoms with Crippen molar-refractivity contribution in [1.29, 1.82) is 0 Å². The molecule has 1 saturated heterocycles. The maximum Gasteiger partial charge on any atom is 0.251 e. The maximum absolute atomic E-state index is 14.2. The van der Waals surface area contributed by atoms with Gasteiger partial charge >= 0.3 is 0 Å². The number of hydrogen-bond acceptors (Lipinski definition) is 9. The summed E-state index contributed by atoms with van der Waals surface area (Å²) >= 11 is 0. The average Bonchev–Trinajstić information content (AvgIpc) is 2.90. The van der Waals surface area contributed by atoms with E-state index in [0.717, 1.165) is 43.2 Å². The Kier molecular flexibility index (Phi) is 6.75. The summed E-state index contributed by atoms with van der Waals surface area (Å²) in [6.07, 6.45) is 9.12. The van der Waals surface area contributed by atoms with Gasteiger partial charge in [0, 0.05) is 43.0 Å². The first-order chi connectivity index (χ1) is 19.2. The van der Waals surface area contributed by atoms with Crippen LogP contribution in [0.5, 0.6) is 0 Å². The van der Waals surface area contributed by atoms with E-state index >= 15 is 0 Å². The number of piperidine rings is 1. The van der Waals surface area contributed by atoms with Crippen molar-refractivity contribution >= 4 is 28.4 Å². The molecule has 5 heterocycles. The number of hydrogen-bond donors (Lipinski definition) is 3. The quantitative estimate of drug-likeness (QED) is 0.300. The summed E-state index contributed by atoms with van der Waals surface area (Å²) in [5.41, 5.74) is 1.35. The fraction of sp³-hybridized carbons (Fsp3) is 0.393. The van der Waals surface area contributed by atoms with Crippen LogP contribution in [0.4, 0.5) is 30.6 Å². The van der Waals surface area contributed by atoms with Crippen LogP contribution < -0.4 is 15.5 Å². The molecular formula is C28H29F3N8O. The van der Waals surface area contributed by atoms with Crippen molar-refractivity contribution in [3.8, 4) is 11.4 Å². The second-order valence-corrected chi connectivity index (χ2v) is 10.7. The van der Waals surface area contributed by atoms with Gasteiger partial charge in [-0.1, -0.05) is 6.42 Å². The van der Waals surface area contributed by atoms with Crippen molar-refractivity contribution in [2.75, 3.05) is 30.4 Å². The monoisotopic (exact) mass is 550 g/mol. The summed E-state index contributed by atoms with van der Waals surface area (Å²) in [7, 11) is 1.94. The Morgan fingerprint density at radius 1 is 1.07 bits per heavy atom. The van der Waals surface area contributed by atoms with Gasteiger partial charge in [-0.3, -0.25) is 4.98 Å². The van der Waals surface area contributed by atoms with E-state index in [0.29, 0.717) is 41.3 Å². The SMILES string of the molecule is CN(c1nc(-c2ccnc(Nc3nc(F)c(F)cc3F)c2)nc2cncc(C3CCC3)c12)[C@@H]1CCNC[C@@]1(C)O. The van der Waals surface area contributed by atoms with Crippen LogP contribution in [0.25, 0.3) is 22.3 Å². The van der Waals surface area contributed by atoms with Crippen LogP contribution in [0, 0.1) is 17.6 Å². The number of fused-ring (bicyclic) bond motifs is 1. The molecule has 1 saturated carbocycles. The van der Waals surface area contributed by atoms with Gasteiger partial charge in [0.1, 0.15) is 11.6 Å². The fourth-order valence-corrected chi connectivity index (χ4v) is 5.56. The molecule has 3 N–H and O–H groups in total. The molecule has 1 aliphatic carbocycles. The molecular weight excluding hydrogens is 521 g/mol. The minimum Gasteiger partial charge on any atom is -0.387 e. The Bertz CT molecular complexity index is 1580. The van der Waals surface area contributed by atoms with Gasteiger partial charge in [-0.2, -0.15) is 9.37 Å². The maximum atomic E-state index is 14.2. The third-order valence-electron chi connectivity index (χ3n) is 7.91. The van der Waals surface area contributed by atoms with Gasteiger partial charge in [0.2, 0.25) is 0 Å². The topological polar surface area (TPSA) is 112 Å². The lowest BCUT2D eigenvalue weighted by Gasteiger charge is -2.43. The van der Waals surface area contributed by atoms with Crippen LogP contribution in [0.3, 0.4) is 0 Å². The number of nitrogens with zero attached hydrogens (tertiary/aromatic N) is 6. The van der Waals surface area contributed by atoms with Crippen molar-refractivity contribution in [3.63, 3.8) is 0 Å². The third kappa shape index (κ3) is 4.81. The predicted molar refractivity (Wildman–Crippen MR) is 145 cm³/mol. The zero-order chi connectivity index (χ0) is 28.0. The molecule has 0 amide bonds. The Morgan fingerprint density at radius 3 is 2.65 bits per heavy atom. The summed E-state index contributed by atoms with van der Waals surface area (Å²) in [6.45, 7) is 3.06. The first kappa shape index (κ1) is 26.3. The smallest absolute Gasteiger partial charge is 0.251 e. The largest absolute Gasteiger partial charge is 0.387 e. The molecule has 0 aromatic carbocycles. The van der Waals surface area contributed by atoms with Gasteiger partial charge in [-0.25, -0.2) is 23.7 Å². The van der Waals surface area contributed by atoms with E-state index in [9.17, 15) is 18.3 Å². The third-order valence-corrected chi connectivity index (χ3v) is 7.91. The molecule has 2 atom stereocenters. The number of nitrogens with one attached hydrogen (secondary N) is 2. The number of aliphatic hydroxyl groups is 1. The normalized spacial score (nSPS) is 21.3. The molecule has 4 aromatic heterocycles. The molecule has 12 heteroatoms. The molecule has 6 rings (SSSR count).